The molecule has 1 heterocycles. The molecule has 0 amide bonds. The second-order valence-corrected chi connectivity index (χ2v) is 4.64. The summed E-state index contributed by atoms with van der Waals surface area (Å²) in [6.07, 6.45) is 1.78. The van der Waals surface area contributed by atoms with Crippen molar-refractivity contribution in [3.8, 4) is 0 Å². The maximum Gasteiger partial charge on any atom is 0.138 e. The van der Waals surface area contributed by atoms with Crippen molar-refractivity contribution in [1.82, 2.24) is 10.9 Å². The highest BCUT2D eigenvalue weighted by molar-refractivity contribution is 5.58. The summed E-state index contributed by atoms with van der Waals surface area (Å²) in [6, 6.07) is 8.79. The molecule has 2 rings (SSSR count). The van der Waals surface area contributed by atoms with E-state index in [1.807, 2.05) is 0 Å². The van der Waals surface area contributed by atoms with E-state index >= 15 is 0 Å². The van der Waals surface area contributed by atoms with Crippen LogP contribution in [-0.4, -0.2) is 12.3 Å². The Labute approximate surface area is 96.2 Å². The zero-order valence-corrected chi connectivity index (χ0v) is 9.73. The molecule has 3 nitrogen and oxygen atoms in total. The molecule has 3 heteroatoms. The van der Waals surface area contributed by atoms with Gasteiger partial charge in [-0.15, -0.1) is 0 Å². The minimum absolute atomic E-state index is 0.0604. The molecule has 2 atom stereocenters. The maximum atomic E-state index is 10.6. The smallest absolute Gasteiger partial charge is 0.138 e. The molecule has 0 saturated carbocycles. The van der Waals surface area contributed by atoms with E-state index in [1.165, 1.54) is 11.1 Å². The summed E-state index contributed by atoms with van der Waals surface area (Å²) in [6.45, 7) is 4.37. The van der Waals surface area contributed by atoms with Crippen LogP contribution in [0.15, 0.2) is 24.3 Å². The number of aldehydes is 1. The average Bonchev–Trinajstić information content (AvgIpc) is 2.77. The van der Waals surface area contributed by atoms with E-state index in [-0.39, 0.29) is 12.1 Å². The third kappa shape index (κ3) is 2.31. The molecule has 1 saturated heterocycles. The Bertz CT molecular complexity index is 359. The van der Waals surface area contributed by atoms with Crippen LogP contribution >= 0.6 is 0 Å². The lowest BCUT2D eigenvalue weighted by Gasteiger charge is -2.11. The fraction of sp³-hybridized carbons (Fsp3) is 0.462. The van der Waals surface area contributed by atoms with E-state index in [9.17, 15) is 4.79 Å². The van der Waals surface area contributed by atoms with Gasteiger partial charge in [-0.1, -0.05) is 38.1 Å². The van der Waals surface area contributed by atoms with E-state index in [2.05, 4.69) is 49.0 Å². The van der Waals surface area contributed by atoms with Crippen molar-refractivity contribution in [3.05, 3.63) is 35.4 Å². The van der Waals surface area contributed by atoms with Crippen molar-refractivity contribution in [1.29, 1.82) is 0 Å². The molecule has 1 aliphatic heterocycles. The van der Waals surface area contributed by atoms with Crippen LogP contribution in [0.5, 0.6) is 0 Å². The third-order valence-corrected chi connectivity index (χ3v) is 3.10. The Hall–Kier alpha value is -1.19. The fourth-order valence-corrected chi connectivity index (χ4v) is 2.00. The Balaban J connectivity index is 2.08. The molecule has 1 fully saturated rings. The van der Waals surface area contributed by atoms with Gasteiger partial charge < -0.3 is 4.79 Å². The normalized spacial score (nSPS) is 24.9. The molecule has 2 unspecified atom stereocenters. The Kier molecular flexibility index (Phi) is 3.36. The monoisotopic (exact) mass is 218 g/mol. The summed E-state index contributed by atoms with van der Waals surface area (Å²) in [4.78, 5) is 10.6. The summed E-state index contributed by atoms with van der Waals surface area (Å²) >= 11 is 0. The van der Waals surface area contributed by atoms with Crippen LogP contribution in [0.3, 0.4) is 0 Å². The van der Waals surface area contributed by atoms with Crippen LogP contribution in [0.1, 0.15) is 43.4 Å². The molecule has 0 radical (unpaired) electrons. The molecule has 1 aromatic carbocycles. The summed E-state index contributed by atoms with van der Waals surface area (Å²) in [5.74, 6) is 0.562. The minimum atomic E-state index is -0.0604. The Morgan fingerprint density at radius 1 is 1.25 bits per heavy atom. The minimum Gasteiger partial charge on any atom is -0.302 e. The number of hydrazine groups is 1. The van der Waals surface area contributed by atoms with Gasteiger partial charge in [0.15, 0.2) is 0 Å². The Morgan fingerprint density at radius 3 is 2.44 bits per heavy atom. The van der Waals surface area contributed by atoms with Gasteiger partial charge in [0, 0.05) is 6.04 Å². The van der Waals surface area contributed by atoms with E-state index in [4.69, 9.17) is 0 Å². The SMILES string of the molecule is CC(C)c1ccc(C2CC(C=O)NN2)cc1. The van der Waals surface area contributed by atoms with Crippen molar-refractivity contribution >= 4 is 6.29 Å². The van der Waals surface area contributed by atoms with E-state index in [1.54, 1.807) is 0 Å². The van der Waals surface area contributed by atoms with E-state index in [0.717, 1.165) is 12.7 Å². The highest BCUT2D eigenvalue weighted by atomic mass is 16.1. The molecule has 1 aliphatic rings. The standard InChI is InChI=1S/C13H18N2O/c1-9(2)10-3-5-11(6-4-10)13-7-12(8-16)14-15-13/h3-6,8-9,12-15H,7H2,1-2H3. The summed E-state index contributed by atoms with van der Waals surface area (Å²) in [5.41, 5.74) is 8.70. The molecule has 0 spiro atoms. The van der Waals surface area contributed by atoms with E-state index in [0.29, 0.717) is 5.92 Å². The second-order valence-electron chi connectivity index (χ2n) is 4.64. The van der Waals surface area contributed by atoms with Gasteiger partial charge in [0.05, 0.1) is 6.04 Å². The molecule has 0 bridgehead atoms. The number of nitrogens with one attached hydrogen (secondary N) is 2. The van der Waals surface area contributed by atoms with Gasteiger partial charge in [0.2, 0.25) is 0 Å². The fourth-order valence-electron chi connectivity index (χ4n) is 2.00. The molecule has 1 aromatic rings. The first kappa shape index (κ1) is 11.3. The third-order valence-electron chi connectivity index (χ3n) is 3.10. The van der Waals surface area contributed by atoms with Gasteiger partial charge in [-0.3, -0.25) is 0 Å². The predicted octanol–water partition coefficient (Wildman–Crippen LogP) is 1.92. The number of benzene rings is 1. The van der Waals surface area contributed by atoms with Crippen LogP contribution in [0.2, 0.25) is 0 Å². The quantitative estimate of drug-likeness (QED) is 0.761. The zero-order valence-electron chi connectivity index (χ0n) is 9.73. The molecule has 0 aromatic heterocycles. The van der Waals surface area contributed by atoms with Crippen LogP contribution < -0.4 is 10.9 Å². The van der Waals surface area contributed by atoms with Gasteiger partial charge in [-0.2, -0.15) is 0 Å². The second kappa shape index (κ2) is 4.76. The van der Waals surface area contributed by atoms with Crippen LogP contribution in [0, 0.1) is 0 Å². The zero-order chi connectivity index (χ0) is 11.5. The van der Waals surface area contributed by atoms with Crippen LogP contribution in [0.25, 0.3) is 0 Å². The van der Waals surface area contributed by atoms with Crippen molar-refractivity contribution in [2.45, 2.75) is 38.3 Å². The summed E-state index contributed by atoms with van der Waals surface area (Å²) < 4.78 is 0. The number of hydrogen-bond acceptors (Lipinski definition) is 3. The maximum absolute atomic E-state index is 10.6. The van der Waals surface area contributed by atoms with Crippen molar-refractivity contribution < 1.29 is 4.79 Å². The number of carbonyl (C=O) groups excluding carboxylic acids is 1. The molecule has 16 heavy (non-hydrogen) atoms. The molecular formula is C13H18N2O. The first-order valence-corrected chi connectivity index (χ1v) is 5.77. The summed E-state index contributed by atoms with van der Waals surface area (Å²) in [5, 5.41) is 0. The largest absolute Gasteiger partial charge is 0.302 e. The van der Waals surface area contributed by atoms with E-state index < -0.39 is 0 Å². The van der Waals surface area contributed by atoms with Crippen molar-refractivity contribution in [3.63, 3.8) is 0 Å². The molecule has 2 N–H and O–H groups in total. The van der Waals surface area contributed by atoms with Crippen molar-refractivity contribution in [2.75, 3.05) is 0 Å². The number of carbonyl (C=O) groups is 1. The highest BCUT2D eigenvalue weighted by Gasteiger charge is 2.24. The lowest BCUT2D eigenvalue weighted by Crippen LogP contribution is -2.31. The van der Waals surface area contributed by atoms with Crippen LogP contribution in [-0.2, 0) is 4.79 Å². The lowest BCUT2D eigenvalue weighted by molar-refractivity contribution is -0.109. The highest BCUT2D eigenvalue weighted by Crippen LogP contribution is 2.23. The van der Waals surface area contributed by atoms with Crippen molar-refractivity contribution in [2.24, 2.45) is 0 Å². The molecule has 0 aliphatic carbocycles. The van der Waals surface area contributed by atoms with Gasteiger partial charge in [-0.05, 0) is 23.5 Å². The topological polar surface area (TPSA) is 41.1 Å². The van der Waals surface area contributed by atoms with Gasteiger partial charge >= 0.3 is 0 Å². The molecule has 86 valence electrons. The number of hydrogen-bond donors (Lipinski definition) is 2. The Morgan fingerprint density at radius 2 is 1.94 bits per heavy atom. The first-order chi connectivity index (χ1) is 7.70. The summed E-state index contributed by atoms with van der Waals surface area (Å²) in [7, 11) is 0. The lowest BCUT2D eigenvalue weighted by atomic mass is 9.97. The van der Waals surface area contributed by atoms with Gasteiger partial charge in [-0.25, -0.2) is 10.9 Å². The number of rotatable bonds is 3. The van der Waals surface area contributed by atoms with Gasteiger partial charge in [0.25, 0.3) is 0 Å². The van der Waals surface area contributed by atoms with Crippen LogP contribution in [0.4, 0.5) is 0 Å². The molecular weight excluding hydrogens is 200 g/mol. The predicted molar refractivity (Wildman–Crippen MR) is 64.0 cm³/mol. The average molecular weight is 218 g/mol. The van der Waals surface area contributed by atoms with Gasteiger partial charge in [0.1, 0.15) is 6.29 Å². The first-order valence-electron chi connectivity index (χ1n) is 5.77.